The maximum absolute atomic E-state index is 12.4. The van der Waals surface area contributed by atoms with Crippen molar-refractivity contribution in [3.05, 3.63) is 0 Å². The van der Waals surface area contributed by atoms with Crippen LogP contribution in [0.5, 0.6) is 0 Å². The third-order valence-corrected chi connectivity index (χ3v) is 3.93. The number of likely N-dealkylation sites (tertiary alicyclic amines) is 1. The van der Waals surface area contributed by atoms with Crippen molar-refractivity contribution in [2.45, 2.75) is 30.8 Å². The Labute approximate surface area is 113 Å². The first-order valence-corrected chi connectivity index (χ1v) is 6.88. The number of nitrogens with zero attached hydrogens (tertiary/aromatic N) is 1. The fourth-order valence-electron chi connectivity index (χ4n) is 1.99. The molecule has 1 amide bonds. The zero-order valence-corrected chi connectivity index (χ0v) is 11.9. The molecule has 0 radical (unpaired) electrons. The fourth-order valence-corrected chi connectivity index (χ4v) is 2.40. The molecule has 0 saturated carbocycles. The Balaban J connectivity index is 2.25. The zero-order valence-electron chi connectivity index (χ0n) is 10.3. The average molecular weight is 331 g/mol. The Bertz CT molecular complexity index is 278. The van der Waals surface area contributed by atoms with Crippen LogP contribution in [0.4, 0.5) is 13.2 Å². The molecule has 1 heterocycles. The molecule has 0 aromatic rings. The van der Waals surface area contributed by atoms with Gasteiger partial charge in [-0.05, 0) is 31.8 Å². The van der Waals surface area contributed by atoms with Gasteiger partial charge in [0, 0.05) is 20.0 Å². The van der Waals surface area contributed by atoms with E-state index in [9.17, 15) is 18.0 Å². The molecule has 0 bridgehead atoms. The molecule has 106 valence electrons. The molecule has 3 nitrogen and oxygen atoms in total. The first-order valence-electron chi connectivity index (χ1n) is 5.96. The van der Waals surface area contributed by atoms with Crippen LogP contribution in [0.2, 0.25) is 0 Å². The molecule has 18 heavy (non-hydrogen) atoms. The second-order valence-electron chi connectivity index (χ2n) is 4.69. The predicted octanol–water partition coefficient (Wildman–Crippen LogP) is 2.16. The molecule has 1 unspecified atom stereocenters. The van der Waals surface area contributed by atoms with E-state index in [0.29, 0.717) is 25.6 Å². The number of nitrogens with one attached hydrogen (secondary N) is 1. The van der Waals surface area contributed by atoms with Gasteiger partial charge in [-0.3, -0.25) is 4.79 Å². The van der Waals surface area contributed by atoms with E-state index in [-0.39, 0.29) is 12.5 Å². The van der Waals surface area contributed by atoms with Crippen LogP contribution in [0.25, 0.3) is 0 Å². The summed E-state index contributed by atoms with van der Waals surface area (Å²) in [6.07, 6.45) is -2.53. The lowest BCUT2D eigenvalue weighted by Gasteiger charge is -2.33. The van der Waals surface area contributed by atoms with Crippen LogP contribution in [-0.2, 0) is 4.79 Å². The summed E-state index contributed by atoms with van der Waals surface area (Å²) in [6, 6.07) is 0. The number of alkyl halides is 4. The van der Waals surface area contributed by atoms with Crippen molar-refractivity contribution in [1.29, 1.82) is 0 Å². The van der Waals surface area contributed by atoms with Crippen LogP contribution in [0.15, 0.2) is 0 Å². The highest BCUT2D eigenvalue weighted by molar-refractivity contribution is 9.09. The van der Waals surface area contributed by atoms with E-state index in [1.54, 1.807) is 0 Å². The highest BCUT2D eigenvalue weighted by Gasteiger charge is 2.39. The Morgan fingerprint density at radius 2 is 2.00 bits per heavy atom. The lowest BCUT2D eigenvalue weighted by Crippen LogP contribution is -2.43. The highest BCUT2D eigenvalue weighted by Crippen LogP contribution is 2.28. The summed E-state index contributed by atoms with van der Waals surface area (Å²) in [4.78, 5) is 11.1. The molecule has 0 aromatic carbocycles. The number of hydrogen-bond donors (Lipinski definition) is 1. The lowest BCUT2D eigenvalue weighted by molar-refractivity contribution is -0.131. The van der Waals surface area contributed by atoms with Gasteiger partial charge in [-0.2, -0.15) is 13.2 Å². The van der Waals surface area contributed by atoms with E-state index in [2.05, 4.69) is 21.2 Å². The minimum atomic E-state index is -4.19. The van der Waals surface area contributed by atoms with Crippen LogP contribution >= 0.6 is 15.9 Å². The van der Waals surface area contributed by atoms with E-state index in [0.717, 1.165) is 12.8 Å². The maximum atomic E-state index is 12.4. The lowest BCUT2D eigenvalue weighted by atomic mass is 9.96. The first-order chi connectivity index (χ1) is 8.29. The van der Waals surface area contributed by atoms with Crippen molar-refractivity contribution in [3.8, 4) is 0 Å². The van der Waals surface area contributed by atoms with Gasteiger partial charge >= 0.3 is 6.18 Å². The Morgan fingerprint density at radius 3 is 2.44 bits per heavy atom. The van der Waals surface area contributed by atoms with Crippen molar-refractivity contribution < 1.29 is 18.0 Å². The molecule has 1 aliphatic rings. The van der Waals surface area contributed by atoms with Crippen molar-refractivity contribution in [2.24, 2.45) is 5.92 Å². The molecule has 1 fully saturated rings. The quantitative estimate of drug-likeness (QED) is 0.801. The molecule has 1 N–H and O–H groups in total. The zero-order chi connectivity index (χ0) is 13.8. The smallest absolute Gasteiger partial charge is 0.356 e. The number of halogens is 4. The van der Waals surface area contributed by atoms with Gasteiger partial charge < -0.3 is 10.2 Å². The summed E-state index contributed by atoms with van der Waals surface area (Å²) < 4.78 is 37.1. The van der Waals surface area contributed by atoms with Crippen LogP contribution < -0.4 is 5.32 Å². The van der Waals surface area contributed by atoms with Gasteiger partial charge in [-0.1, -0.05) is 15.9 Å². The van der Waals surface area contributed by atoms with E-state index in [1.807, 2.05) is 4.90 Å². The molecule has 1 atom stereocenters. The maximum Gasteiger partial charge on any atom is 0.402 e. The second-order valence-corrected chi connectivity index (χ2v) is 5.80. The fraction of sp³-hybridized carbons (Fsp3) is 0.909. The van der Waals surface area contributed by atoms with Gasteiger partial charge in [0.25, 0.3) is 0 Å². The molecule has 0 aliphatic carbocycles. The Kier molecular flexibility index (Phi) is 5.91. The summed E-state index contributed by atoms with van der Waals surface area (Å²) in [5.41, 5.74) is 0. The van der Waals surface area contributed by atoms with Gasteiger partial charge in [0.05, 0.1) is 0 Å². The number of carbonyl (C=O) groups excluding carboxylic acids is 1. The van der Waals surface area contributed by atoms with Gasteiger partial charge in [0.1, 0.15) is 4.83 Å². The standard InChI is InChI=1S/C11H18BrF3N2O/c1-8(18)16-6-9-2-4-17(5-3-9)7-10(12)11(13,14)15/h9-10H,2-7H2,1H3,(H,16,18). The number of hydrogen-bond acceptors (Lipinski definition) is 2. The molecule has 7 heteroatoms. The van der Waals surface area contributed by atoms with Crippen LogP contribution in [0, 0.1) is 5.92 Å². The number of piperidine rings is 1. The summed E-state index contributed by atoms with van der Waals surface area (Å²) in [6.45, 7) is 3.40. The largest absolute Gasteiger partial charge is 0.402 e. The summed E-state index contributed by atoms with van der Waals surface area (Å²) >= 11 is 2.68. The number of carbonyl (C=O) groups is 1. The van der Waals surface area contributed by atoms with E-state index < -0.39 is 11.0 Å². The van der Waals surface area contributed by atoms with Crippen LogP contribution in [-0.4, -0.2) is 48.0 Å². The Morgan fingerprint density at radius 1 is 1.44 bits per heavy atom. The summed E-state index contributed by atoms with van der Waals surface area (Å²) in [5.74, 6) is 0.319. The van der Waals surface area contributed by atoms with E-state index in [1.165, 1.54) is 6.92 Å². The summed E-state index contributed by atoms with van der Waals surface area (Å²) in [7, 11) is 0. The van der Waals surface area contributed by atoms with Crippen molar-refractivity contribution in [3.63, 3.8) is 0 Å². The van der Waals surface area contributed by atoms with E-state index >= 15 is 0 Å². The molecular formula is C11H18BrF3N2O. The van der Waals surface area contributed by atoms with Gasteiger partial charge in [0.15, 0.2) is 0 Å². The number of amides is 1. The SMILES string of the molecule is CC(=O)NCC1CCN(CC(Br)C(F)(F)F)CC1. The first kappa shape index (κ1) is 15.8. The van der Waals surface area contributed by atoms with Gasteiger partial charge in [0.2, 0.25) is 5.91 Å². The number of rotatable bonds is 4. The highest BCUT2D eigenvalue weighted by atomic mass is 79.9. The molecule has 1 aliphatic heterocycles. The minimum absolute atomic E-state index is 0.00361. The molecule has 0 spiro atoms. The van der Waals surface area contributed by atoms with E-state index in [4.69, 9.17) is 0 Å². The average Bonchev–Trinajstić information content (AvgIpc) is 2.26. The predicted molar refractivity (Wildman–Crippen MR) is 66.6 cm³/mol. The summed E-state index contributed by atoms with van der Waals surface area (Å²) in [5, 5.41) is 2.75. The molecular weight excluding hydrogens is 313 g/mol. The Hall–Kier alpha value is -0.300. The topological polar surface area (TPSA) is 32.3 Å². The van der Waals surface area contributed by atoms with Crippen LogP contribution in [0.1, 0.15) is 19.8 Å². The molecule has 1 saturated heterocycles. The van der Waals surface area contributed by atoms with Crippen molar-refractivity contribution in [1.82, 2.24) is 10.2 Å². The third-order valence-electron chi connectivity index (χ3n) is 3.12. The van der Waals surface area contributed by atoms with Crippen molar-refractivity contribution >= 4 is 21.8 Å². The molecule has 0 aromatic heterocycles. The van der Waals surface area contributed by atoms with Crippen LogP contribution in [0.3, 0.4) is 0 Å². The minimum Gasteiger partial charge on any atom is -0.356 e. The normalized spacial score (nSPS) is 20.7. The van der Waals surface area contributed by atoms with Gasteiger partial charge in [-0.25, -0.2) is 0 Å². The monoisotopic (exact) mass is 330 g/mol. The second kappa shape index (κ2) is 6.75. The van der Waals surface area contributed by atoms with Crippen molar-refractivity contribution in [2.75, 3.05) is 26.2 Å². The third kappa shape index (κ3) is 5.56. The van der Waals surface area contributed by atoms with Gasteiger partial charge in [-0.15, -0.1) is 0 Å². The molecule has 1 rings (SSSR count).